The van der Waals surface area contributed by atoms with Gasteiger partial charge in [-0.1, -0.05) is 4.89 Å². The topological polar surface area (TPSA) is 73.9 Å². The Morgan fingerprint density at radius 2 is 1.69 bits per heavy atom. The highest BCUT2D eigenvalue weighted by Gasteiger charge is 2.08. The normalized spacial score (nSPS) is 11.8. The molecule has 0 aromatic rings. The van der Waals surface area contributed by atoms with Crippen LogP contribution in [0.3, 0.4) is 0 Å². The molecule has 0 amide bonds. The highest BCUT2D eigenvalue weighted by atomic mass is 32.2. The van der Waals surface area contributed by atoms with Crippen LogP contribution in [-0.4, -0.2) is 48.2 Å². The minimum Gasteiger partial charge on any atom is -0.384 e. The molecule has 0 aliphatic rings. The molecule has 0 saturated carbocycles. The van der Waals surface area contributed by atoms with E-state index in [1.54, 1.807) is 0 Å². The van der Waals surface area contributed by atoms with Gasteiger partial charge in [0.05, 0.1) is 25.6 Å². The molecular formula is C6H15NO5S. The van der Waals surface area contributed by atoms with E-state index >= 15 is 0 Å². The number of ether oxygens (including phenoxy) is 2. The summed E-state index contributed by atoms with van der Waals surface area (Å²) < 4.78 is 31.3. The average Bonchev–Trinajstić information content (AvgIpc) is 2.09. The van der Waals surface area contributed by atoms with E-state index < -0.39 is 10.0 Å². The molecule has 0 aromatic heterocycles. The van der Waals surface area contributed by atoms with E-state index in [0.717, 1.165) is 0 Å². The summed E-state index contributed by atoms with van der Waals surface area (Å²) in [6.45, 7) is 0.665. The van der Waals surface area contributed by atoms with Crippen LogP contribution in [0.1, 0.15) is 0 Å². The predicted octanol–water partition coefficient (Wildman–Crippen LogP) is -0.870. The smallest absolute Gasteiger partial charge is 0.235 e. The molecule has 0 fully saturated rings. The third-order valence-corrected chi connectivity index (χ3v) is 2.21. The number of hydrogen-bond acceptors (Lipinski definition) is 5. The second kappa shape index (κ2) is 7.22. The molecule has 1 N–H and O–H groups in total. The molecule has 0 bridgehead atoms. The fourth-order valence-corrected chi connectivity index (χ4v) is 1.22. The molecule has 0 aliphatic carbocycles. The summed E-state index contributed by atoms with van der Waals surface area (Å²) in [4.78, 5) is 6.56. The van der Waals surface area contributed by atoms with Crippen LogP contribution in [0.2, 0.25) is 0 Å². The van der Waals surface area contributed by atoms with E-state index in [4.69, 9.17) is 0 Å². The van der Waals surface area contributed by atoms with Crippen molar-refractivity contribution >= 4 is 10.0 Å². The van der Waals surface area contributed by atoms with Gasteiger partial charge in [-0.3, -0.25) is 4.84 Å². The Balaban J connectivity index is 3.52. The Hall–Kier alpha value is -0.210. The Bertz CT molecular complexity index is 203. The first-order chi connectivity index (χ1) is 6.12. The molecule has 0 unspecified atom stereocenters. The van der Waals surface area contributed by atoms with Crippen LogP contribution in [0.5, 0.6) is 0 Å². The van der Waals surface area contributed by atoms with Crippen LogP contribution in [-0.2, 0) is 24.3 Å². The first-order valence-corrected chi connectivity index (χ1v) is 5.37. The van der Waals surface area contributed by atoms with Crippen LogP contribution in [0.4, 0.5) is 0 Å². The monoisotopic (exact) mass is 213 g/mol. The number of methoxy groups -OCH3 is 2. The molecule has 6 nitrogen and oxygen atoms in total. The van der Waals surface area contributed by atoms with Gasteiger partial charge in [-0.05, 0) is 0 Å². The average molecular weight is 213 g/mol. The Kier molecular flexibility index (Phi) is 7.10. The minimum atomic E-state index is -3.38. The first kappa shape index (κ1) is 12.8. The molecule has 0 rings (SSSR count). The second-order valence-electron chi connectivity index (χ2n) is 2.24. The van der Waals surface area contributed by atoms with Gasteiger partial charge in [0.15, 0.2) is 0 Å². The zero-order chi connectivity index (χ0) is 10.2. The van der Waals surface area contributed by atoms with Gasteiger partial charge in [-0.2, -0.15) is 0 Å². The van der Waals surface area contributed by atoms with Crippen LogP contribution >= 0.6 is 0 Å². The van der Waals surface area contributed by atoms with Crippen LogP contribution < -0.4 is 4.89 Å². The standard InChI is InChI=1S/C6H15NO5S/c1-10-3-4-12-7-13(8,9)6-5-11-2/h7H,3-6H2,1-2H3. The highest BCUT2D eigenvalue weighted by molar-refractivity contribution is 7.89. The Morgan fingerprint density at radius 1 is 1.08 bits per heavy atom. The third kappa shape index (κ3) is 8.13. The van der Waals surface area contributed by atoms with Crippen molar-refractivity contribution in [2.45, 2.75) is 0 Å². The zero-order valence-electron chi connectivity index (χ0n) is 7.78. The van der Waals surface area contributed by atoms with Crippen molar-refractivity contribution in [2.24, 2.45) is 0 Å². The minimum absolute atomic E-state index is 0.115. The van der Waals surface area contributed by atoms with Gasteiger partial charge in [0.1, 0.15) is 0 Å². The second-order valence-corrected chi connectivity index (χ2v) is 4.04. The summed E-state index contributed by atoms with van der Waals surface area (Å²) >= 11 is 0. The van der Waals surface area contributed by atoms with Crippen LogP contribution in [0.25, 0.3) is 0 Å². The van der Waals surface area contributed by atoms with Gasteiger partial charge in [-0.25, -0.2) is 8.42 Å². The van der Waals surface area contributed by atoms with Gasteiger partial charge < -0.3 is 9.47 Å². The molecular weight excluding hydrogens is 198 g/mol. The van der Waals surface area contributed by atoms with E-state index in [1.165, 1.54) is 14.2 Å². The van der Waals surface area contributed by atoms with Crippen LogP contribution in [0, 0.1) is 0 Å². The first-order valence-electron chi connectivity index (χ1n) is 3.71. The molecule has 0 radical (unpaired) electrons. The summed E-state index contributed by atoms with van der Waals surface area (Å²) in [6.07, 6.45) is 0. The summed E-state index contributed by atoms with van der Waals surface area (Å²) in [5.41, 5.74) is 0. The lowest BCUT2D eigenvalue weighted by atomic mass is 10.8. The summed E-state index contributed by atoms with van der Waals surface area (Å²) in [5, 5.41) is 0. The number of sulfonamides is 1. The van der Waals surface area contributed by atoms with Crippen molar-refractivity contribution in [1.82, 2.24) is 4.89 Å². The molecule has 80 valence electrons. The third-order valence-electron chi connectivity index (χ3n) is 1.13. The molecule has 0 atom stereocenters. The van der Waals surface area contributed by atoms with Crippen molar-refractivity contribution < 1.29 is 22.7 Å². The van der Waals surface area contributed by atoms with E-state index in [1.807, 2.05) is 4.89 Å². The molecule has 0 spiro atoms. The van der Waals surface area contributed by atoms with Crippen molar-refractivity contribution in [1.29, 1.82) is 0 Å². The largest absolute Gasteiger partial charge is 0.384 e. The summed E-state index contributed by atoms with van der Waals surface area (Å²) in [5.74, 6) is -0.115. The maximum Gasteiger partial charge on any atom is 0.235 e. The van der Waals surface area contributed by atoms with Crippen molar-refractivity contribution in [3.63, 3.8) is 0 Å². The summed E-state index contributed by atoms with van der Waals surface area (Å²) in [7, 11) is -0.442. The predicted molar refractivity (Wildman–Crippen MR) is 46.6 cm³/mol. The Labute approximate surface area is 78.2 Å². The lowest BCUT2D eigenvalue weighted by molar-refractivity contribution is 0.0435. The van der Waals surface area contributed by atoms with Crippen molar-refractivity contribution in [2.75, 3.05) is 39.8 Å². The van der Waals surface area contributed by atoms with Gasteiger partial charge in [0.25, 0.3) is 0 Å². The maximum absolute atomic E-state index is 11.0. The van der Waals surface area contributed by atoms with E-state index in [9.17, 15) is 8.42 Å². The van der Waals surface area contributed by atoms with Crippen molar-refractivity contribution in [3.8, 4) is 0 Å². The molecule has 0 aromatic carbocycles. The molecule has 0 saturated heterocycles. The number of rotatable bonds is 8. The SMILES string of the molecule is COCCONS(=O)(=O)CCOC. The van der Waals surface area contributed by atoms with E-state index in [2.05, 4.69) is 14.3 Å². The Morgan fingerprint density at radius 3 is 2.23 bits per heavy atom. The van der Waals surface area contributed by atoms with Crippen LogP contribution in [0.15, 0.2) is 0 Å². The van der Waals surface area contributed by atoms with Crippen molar-refractivity contribution in [3.05, 3.63) is 0 Å². The fraction of sp³-hybridized carbons (Fsp3) is 1.00. The molecule has 0 aliphatic heterocycles. The molecule has 13 heavy (non-hydrogen) atoms. The van der Waals surface area contributed by atoms with E-state index in [0.29, 0.717) is 6.61 Å². The van der Waals surface area contributed by atoms with Gasteiger partial charge in [0.2, 0.25) is 10.0 Å². The van der Waals surface area contributed by atoms with Gasteiger partial charge in [-0.15, -0.1) is 0 Å². The lowest BCUT2D eigenvalue weighted by Crippen LogP contribution is -2.29. The number of nitrogens with one attached hydrogen (secondary N) is 1. The maximum atomic E-state index is 11.0. The lowest BCUT2D eigenvalue weighted by Gasteiger charge is -2.05. The van der Waals surface area contributed by atoms with E-state index in [-0.39, 0.29) is 19.0 Å². The number of hydrogen-bond donors (Lipinski definition) is 1. The summed E-state index contributed by atoms with van der Waals surface area (Å²) in [6, 6.07) is 0. The van der Waals surface area contributed by atoms with Gasteiger partial charge >= 0.3 is 0 Å². The molecule has 7 heteroatoms. The molecule has 0 heterocycles. The van der Waals surface area contributed by atoms with Gasteiger partial charge in [0, 0.05) is 14.2 Å². The zero-order valence-corrected chi connectivity index (χ0v) is 8.59. The highest BCUT2D eigenvalue weighted by Crippen LogP contribution is 1.84. The quantitative estimate of drug-likeness (QED) is 0.419. The fourth-order valence-electron chi connectivity index (χ4n) is 0.491.